The lowest BCUT2D eigenvalue weighted by Crippen LogP contribution is -2.15. The standard InChI is InChI=1S/C19H20N6O2/c1-11(2)25-18-14(10-20-25)13(9-15(21-18)16-6-5-7-27-16)19(26)22-17-8-12(3)23-24(17)4/h5-11H,1-4H3,(H,22,26). The van der Waals surface area contributed by atoms with Gasteiger partial charge in [-0.1, -0.05) is 0 Å². The Morgan fingerprint density at radius 3 is 2.74 bits per heavy atom. The molecule has 0 aliphatic carbocycles. The van der Waals surface area contributed by atoms with Gasteiger partial charge in [0, 0.05) is 19.2 Å². The van der Waals surface area contributed by atoms with E-state index in [1.54, 1.807) is 41.0 Å². The molecule has 1 amide bonds. The molecule has 0 saturated heterocycles. The van der Waals surface area contributed by atoms with Crippen LogP contribution in [0, 0.1) is 6.92 Å². The van der Waals surface area contributed by atoms with Gasteiger partial charge in [0.25, 0.3) is 5.91 Å². The van der Waals surface area contributed by atoms with Crippen LogP contribution in [0.1, 0.15) is 35.9 Å². The van der Waals surface area contributed by atoms with Crippen molar-refractivity contribution >= 4 is 22.8 Å². The van der Waals surface area contributed by atoms with Gasteiger partial charge in [0.2, 0.25) is 0 Å². The van der Waals surface area contributed by atoms with Gasteiger partial charge in [0.1, 0.15) is 11.5 Å². The number of hydrogen-bond donors (Lipinski definition) is 1. The fraction of sp³-hybridized carbons (Fsp3) is 0.263. The highest BCUT2D eigenvalue weighted by Crippen LogP contribution is 2.27. The number of amides is 1. The fourth-order valence-corrected chi connectivity index (χ4v) is 3.05. The molecule has 8 nitrogen and oxygen atoms in total. The van der Waals surface area contributed by atoms with Crippen molar-refractivity contribution in [3.05, 3.63) is 48.0 Å². The van der Waals surface area contributed by atoms with Crippen molar-refractivity contribution in [3.63, 3.8) is 0 Å². The maximum absolute atomic E-state index is 13.0. The normalized spacial score (nSPS) is 11.4. The molecule has 8 heteroatoms. The fourth-order valence-electron chi connectivity index (χ4n) is 3.05. The Hall–Kier alpha value is -3.42. The van der Waals surface area contributed by atoms with Crippen LogP contribution in [-0.2, 0) is 7.05 Å². The van der Waals surface area contributed by atoms with E-state index in [2.05, 4.69) is 20.5 Å². The van der Waals surface area contributed by atoms with E-state index < -0.39 is 0 Å². The minimum atomic E-state index is -0.249. The Balaban J connectivity index is 1.85. The number of nitrogens with zero attached hydrogens (tertiary/aromatic N) is 5. The third-order valence-electron chi connectivity index (χ3n) is 4.32. The van der Waals surface area contributed by atoms with Gasteiger partial charge in [0.15, 0.2) is 11.4 Å². The van der Waals surface area contributed by atoms with Gasteiger partial charge in [-0.3, -0.25) is 9.48 Å². The van der Waals surface area contributed by atoms with Crippen LogP contribution in [0.2, 0.25) is 0 Å². The van der Waals surface area contributed by atoms with Crippen molar-refractivity contribution in [1.82, 2.24) is 24.5 Å². The molecule has 4 heterocycles. The highest BCUT2D eigenvalue weighted by atomic mass is 16.3. The molecule has 0 bridgehead atoms. The summed E-state index contributed by atoms with van der Waals surface area (Å²) in [5.74, 6) is 0.971. The number of aromatic nitrogens is 5. The predicted molar refractivity (Wildman–Crippen MR) is 102 cm³/mol. The molecule has 0 aliphatic rings. The molecule has 0 unspecified atom stereocenters. The monoisotopic (exact) mass is 364 g/mol. The van der Waals surface area contributed by atoms with Crippen LogP contribution in [-0.4, -0.2) is 30.5 Å². The molecule has 0 spiro atoms. The lowest BCUT2D eigenvalue weighted by atomic mass is 10.1. The van der Waals surface area contributed by atoms with Crippen molar-refractivity contribution in [2.45, 2.75) is 26.8 Å². The first-order valence-corrected chi connectivity index (χ1v) is 8.68. The van der Waals surface area contributed by atoms with Gasteiger partial charge in [-0.15, -0.1) is 0 Å². The van der Waals surface area contributed by atoms with Gasteiger partial charge >= 0.3 is 0 Å². The summed E-state index contributed by atoms with van der Waals surface area (Å²) in [7, 11) is 1.79. The SMILES string of the molecule is Cc1cc(NC(=O)c2cc(-c3ccco3)nc3c2cnn3C(C)C)n(C)n1. The van der Waals surface area contributed by atoms with Crippen LogP contribution in [0.25, 0.3) is 22.5 Å². The summed E-state index contributed by atoms with van der Waals surface area (Å²) in [5.41, 5.74) is 2.54. The molecular formula is C19H20N6O2. The molecule has 138 valence electrons. The number of fused-ring (bicyclic) bond motifs is 1. The zero-order chi connectivity index (χ0) is 19.1. The van der Waals surface area contributed by atoms with Crippen LogP contribution >= 0.6 is 0 Å². The Morgan fingerprint density at radius 2 is 2.11 bits per heavy atom. The second kappa shape index (κ2) is 6.39. The van der Waals surface area contributed by atoms with E-state index in [1.165, 1.54) is 0 Å². The molecule has 27 heavy (non-hydrogen) atoms. The average Bonchev–Trinajstić information content (AvgIpc) is 3.34. The van der Waals surface area contributed by atoms with Crippen molar-refractivity contribution in [3.8, 4) is 11.5 Å². The van der Waals surface area contributed by atoms with Crippen LogP contribution in [0.4, 0.5) is 5.82 Å². The van der Waals surface area contributed by atoms with Crippen molar-refractivity contribution in [1.29, 1.82) is 0 Å². The number of rotatable bonds is 4. The van der Waals surface area contributed by atoms with E-state index in [0.717, 1.165) is 5.69 Å². The number of furan rings is 1. The van der Waals surface area contributed by atoms with Crippen LogP contribution in [0.15, 0.2) is 41.1 Å². The van der Waals surface area contributed by atoms with E-state index in [-0.39, 0.29) is 11.9 Å². The maximum Gasteiger partial charge on any atom is 0.257 e. The second-order valence-corrected chi connectivity index (χ2v) is 6.70. The summed E-state index contributed by atoms with van der Waals surface area (Å²) in [6.45, 7) is 5.92. The van der Waals surface area contributed by atoms with E-state index in [1.807, 2.05) is 32.9 Å². The molecule has 1 N–H and O–H groups in total. The average molecular weight is 364 g/mol. The zero-order valence-electron chi connectivity index (χ0n) is 15.6. The first-order valence-electron chi connectivity index (χ1n) is 8.68. The molecule has 0 saturated carbocycles. The number of hydrogen-bond acceptors (Lipinski definition) is 5. The molecule has 0 radical (unpaired) electrons. The Bertz CT molecular complexity index is 1120. The lowest BCUT2D eigenvalue weighted by molar-refractivity contribution is 0.102. The molecular weight excluding hydrogens is 344 g/mol. The third-order valence-corrected chi connectivity index (χ3v) is 4.32. The van der Waals surface area contributed by atoms with Gasteiger partial charge in [-0.05, 0) is 39.0 Å². The molecule has 4 aromatic rings. The van der Waals surface area contributed by atoms with Crippen LogP contribution in [0.3, 0.4) is 0 Å². The topological polar surface area (TPSA) is 90.8 Å². The Morgan fingerprint density at radius 1 is 1.30 bits per heavy atom. The molecule has 0 atom stereocenters. The number of pyridine rings is 1. The van der Waals surface area contributed by atoms with E-state index in [0.29, 0.717) is 33.9 Å². The minimum absolute atomic E-state index is 0.109. The Kier molecular flexibility index (Phi) is 4.02. The number of aryl methyl sites for hydroxylation is 2. The van der Waals surface area contributed by atoms with E-state index in [9.17, 15) is 4.79 Å². The lowest BCUT2D eigenvalue weighted by Gasteiger charge is -2.10. The highest BCUT2D eigenvalue weighted by molar-refractivity contribution is 6.12. The number of carbonyl (C=O) groups is 1. The Labute approximate surface area is 155 Å². The van der Waals surface area contributed by atoms with E-state index in [4.69, 9.17) is 4.42 Å². The quantitative estimate of drug-likeness (QED) is 0.598. The summed E-state index contributed by atoms with van der Waals surface area (Å²) >= 11 is 0. The third kappa shape index (κ3) is 2.99. The summed E-state index contributed by atoms with van der Waals surface area (Å²) in [4.78, 5) is 17.7. The predicted octanol–water partition coefficient (Wildman–Crippen LogP) is 3.57. The molecule has 4 rings (SSSR count). The summed E-state index contributed by atoms with van der Waals surface area (Å²) in [6, 6.07) is 7.26. The van der Waals surface area contributed by atoms with Crippen molar-refractivity contribution in [2.24, 2.45) is 7.05 Å². The first kappa shape index (κ1) is 17.0. The van der Waals surface area contributed by atoms with Crippen molar-refractivity contribution < 1.29 is 9.21 Å². The maximum atomic E-state index is 13.0. The summed E-state index contributed by atoms with van der Waals surface area (Å²) < 4.78 is 8.92. The molecule has 4 aromatic heterocycles. The highest BCUT2D eigenvalue weighted by Gasteiger charge is 2.20. The largest absolute Gasteiger partial charge is 0.463 e. The number of nitrogens with one attached hydrogen (secondary N) is 1. The van der Waals surface area contributed by atoms with Crippen molar-refractivity contribution in [2.75, 3.05) is 5.32 Å². The number of anilines is 1. The zero-order valence-corrected chi connectivity index (χ0v) is 15.6. The first-order chi connectivity index (χ1) is 12.9. The minimum Gasteiger partial charge on any atom is -0.463 e. The van der Waals surface area contributed by atoms with Crippen LogP contribution in [0.5, 0.6) is 0 Å². The molecule has 0 aliphatic heterocycles. The summed E-state index contributed by atoms with van der Waals surface area (Å²) in [6.07, 6.45) is 3.26. The van der Waals surface area contributed by atoms with Crippen LogP contribution < -0.4 is 5.32 Å². The van der Waals surface area contributed by atoms with Gasteiger partial charge in [0.05, 0.1) is 29.1 Å². The van der Waals surface area contributed by atoms with Gasteiger partial charge < -0.3 is 9.73 Å². The number of carbonyl (C=O) groups excluding carboxylic acids is 1. The van der Waals surface area contributed by atoms with Gasteiger partial charge in [-0.2, -0.15) is 10.2 Å². The van der Waals surface area contributed by atoms with E-state index >= 15 is 0 Å². The van der Waals surface area contributed by atoms with Gasteiger partial charge in [-0.25, -0.2) is 9.67 Å². The smallest absolute Gasteiger partial charge is 0.257 e. The molecule has 0 aromatic carbocycles. The summed E-state index contributed by atoms with van der Waals surface area (Å²) in [5, 5.41) is 12.3. The molecule has 0 fully saturated rings. The second-order valence-electron chi connectivity index (χ2n) is 6.70.